The zero-order chi connectivity index (χ0) is 26.2. The molecule has 0 spiro atoms. The molecule has 2 aromatic carbocycles. The molecule has 0 bridgehead atoms. The van der Waals surface area contributed by atoms with Crippen LogP contribution in [0.15, 0.2) is 42.5 Å². The second-order valence-electron chi connectivity index (χ2n) is 7.94. The molecular formula is C24H31ClFN3O5S. The Bertz CT molecular complexity index is 1150. The molecule has 2 aromatic rings. The SMILES string of the molecule is CCNC(=O)[C@@H](C)N(Cc1ccccc1F)C(=O)CCCN(c1ccc(OC)c(Cl)c1)S(C)(=O)=O. The summed E-state index contributed by atoms with van der Waals surface area (Å²) in [6.45, 7) is 3.65. The molecule has 0 aliphatic rings. The molecule has 0 aromatic heterocycles. The van der Waals surface area contributed by atoms with Crippen molar-refractivity contribution in [2.24, 2.45) is 0 Å². The van der Waals surface area contributed by atoms with E-state index in [1.54, 1.807) is 44.2 Å². The van der Waals surface area contributed by atoms with Gasteiger partial charge in [-0.3, -0.25) is 13.9 Å². The fourth-order valence-corrected chi connectivity index (χ4v) is 4.74. The molecule has 35 heavy (non-hydrogen) atoms. The maximum Gasteiger partial charge on any atom is 0.242 e. The highest BCUT2D eigenvalue weighted by Gasteiger charge is 2.27. The van der Waals surface area contributed by atoms with Crippen molar-refractivity contribution in [3.05, 3.63) is 58.9 Å². The molecule has 11 heteroatoms. The van der Waals surface area contributed by atoms with Gasteiger partial charge in [-0.25, -0.2) is 12.8 Å². The predicted molar refractivity (Wildman–Crippen MR) is 135 cm³/mol. The Labute approximate surface area is 211 Å². The number of nitrogens with zero attached hydrogens (tertiary/aromatic N) is 2. The number of hydrogen-bond donors (Lipinski definition) is 1. The van der Waals surface area contributed by atoms with Crippen molar-refractivity contribution in [3.63, 3.8) is 0 Å². The molecule has 0 unspecified atom stereocenters. The monoisotopic (exact) mass is 527 g/mol. The summed E-state index contributed by atoms with van der Waals surface area (Å²) < 4.78 is 45.4. The van der Waals surface area contributed by atoms with E-state index < -0.39 is 27.8 Å². The van der Waals surface area contributed by atoms with Crippen molar-refractivity contribution in [3.8, 4) is 5.75 Å². The van der Waals surface area contributed by atoms with Crippen LogP contribution in [-0.4, -0.2) is 57.6 Å². The quantitative estimate of drug-likeness (QED) is 0.455. The number of methoxy groups -OCH3 is 1. The molecule has 0 radical (unpaired) electrons. The summed E-state index contributed by atoms with van der Waals surface area (Å²) in [7, 11) is -2.21. The molecule has 192 valence electrons. The zero-order valence-corrected chi connectivity index (χ0v) is 21.8. The first-order valence-corrected chi connectivity index (χ1v) is 13.3. The minimum Gasteiger partial charge on any atom is -0.495 e. The Balaban J connectivity index is 2.19. The summed E-state index contributed by atoms with van der Waals surface area (Å²) in [5.74, 6) is -0.828. The number of rotatable bonds is 12. The number of hydrogen-bond acceptors (Lipinski definition) is 5. The van der Waals surface area contributed by atoms with E-state index in [0.29, 0.717) is 18.0 Å². The van der Waals surface area contributed by atoms with Crippen LogP contribution in [-0.2, 0) is 26.2 Å². The molecule has 1 atom stereocenters. The van der Waals surface area contributed by atoms with E-state index in [1.165, 1.54) is 24.1 Å². The Morgan fingerprint density at radius 2 is 1.89 bits per heavy atom. The standard InChI is InChI=1S/C24H31ClFN3O5S/c1-5-27-24(31)17(2)28(16-18-9-6-7-10-21(18)26)23(30)11-8-14-29(35(4,32)33)19-12-13-22(34-3)20(25)15-19/h6-7,9-10,12-13,15,17H,5,8,11,14,16H2,1-4H3,(H,27,31)/t17-/m1/s1. The molecule has 1 N–H and O–H groups in total. The van der Waals surface area contributed by atoms with Gasteiger partial charge in [0.05, 0.1) is 24.1 Å². The van der Waals surface area contributed by atoms with Crippen molar-refractivity contribution in [1.29, 1.82) is 0 Å². The number of halogens is 2. The van der Waals surface area contributed by atoms with E-state index in [-0.39, 0.29) is 42.4 Å². The van der Waals surface area contributed by atoms with E-state index in [0.717, 1.165) is 10.6 Å². The van der Waals surface area contributed by atoms with Crippen LogP contribution in [0.5, 0.6) is 5.75 Å². The molecule has 8 nitrogen and oxygen atoms in total. The van der Waals surface area contributed by atoms with Gasteiger partial charge in [0.1, 0.15) is 17.6 Å². The van der Waals surface area contributed by atoms with Gasteiger partial charge in [-0.2, -0.15) is 0 Å². The fraction of sp³-hybridized carbons (Fsp3) is 0.417. The molecule has 0 saturated carbocycles. The van der Waals surface area contributed by atoms with Crippen molar-refractivity contribution < 1.29 is 27.1 Å². The number of sulfonamides is 1. The number of likely N-dealkylation sites (N-methyl/N-ethyl adjacent to an activating group) is 1. The van der Waals surface area contributed by atoms with Crippen LogP contribution in [0.2, 0.25) is 5.02 Å². The lowest BCUT2D eigenvalue weighted by Gasteiger charge is -2.29. The van der Waals surface area contributed by atoms with Gasteiger partial charge in [0, 0.05) is 31.6 Å². The Kier molecular flexibility index (Phi) is 10.3. The minimum atomic E-state index is -3.67. The van der Waals surface area contributed by atoms with E-state index >= 15 is 0 Å². The third-order valence-electron chi connectivity index (χ3n) is 5.39. The molecule has 0 aliphatic heterocycles. The van der Waals surface area contributed by atoms with Crippen LogP contribution in [0.3, 0.4) is 0 Å². The Morgan fingerprint density at radius 3 is 2.46 bits per heavy atom. The van der Waals surface area contributed by atoms with Crippen LogP contribution in [0, 0.1) is 5.82 Å². The van der Waals surface area contributed by atoms with Crippen molar-refractivity contribution in [1.82, 2.24) is 10.2 Å². The molecule has 2 amide bonds. The smallest absolute Gasteiger partial charge is 0.242 e. The van der Waals surface area contributed by atoms with Crippen molar-refractivity contribution in [2.45, 2.75) is 39.3 Å². The number of nitrogens with one attached hydrogen (secondary N) is 1. The topological polar surface area (TPSA) is 96.0 Å². The predicted octanol–water partition coefficient (Wildman–Crippen LogP) is 3.59. The van der Waals surface area contributed by atoms with Gasteiger partial charge < -0.3 is 15.0 Å². The summed E-state index contributed by atoms with van der Waals surface area (Å²) in [6.07, 6.45) is 1.19. The van der Waals surface area contributed by atoms with Gasteiger partial charge in [0.2, 0.25) is 21.8 Å². The van der Waals surface area contributed by atoms with E-state index in [1.807, 2.05) is 0 Å². The lowest BCUT2D eigenvalue weighted by atomic mass is 10.1. The number of ether oxygens (including phenoxy) is 1. The highest BCUT2D eigenvalue weighted by atomic mass is 35.5. The fourth-order valence-electron chi connectivity index (χ4n) is 3.53. The van der Waals surface area contributed by atoms with Crippen LogP contribution in [0.25, 0.3) is 0 Å². The molecular weight excluding hydrogens is 497 g/mol. The van der Waals surface area contributed by atoms with Gasteiger partial charge in [-0.15, -0.1) is 0 Å². The highest BCUT2D eigenvalue weighted by Crippen LogP contribution is 2.30. The number of carbonyl (C=O) groups excluding carboxylic acids is 2. The minimum absolute atomic E-state index is 0.0102. The Morgan fingerprint density at radius 1 is 1.20 bits per heavy atom. The van der Waals surface area contributed by atoms with Crippen molar-refractivity contribution >= 4 is 39.1 Å². The van der Waals surface area contributed by atoms with Gasteiger partial charge >= 0.3 is 0 Å². The number of amides is 2. The lowest BCUT2D eigenvalue weighted by Crippen LogP contribution is -2.47. The maximum absolute atomic E-state index is 14.3. The first-order chi connectivity index (χ1) is 16.5. The van der Waals surface area contributed by atoms with Crippen molar-refractivity contribution in [2.75, 3.05) is 30.8 Å². The second kappa shape index (κ2) is 12.7. The van der Waals surface area contributed by atoms with Gasteiger partial charge in [0.15, 0.2) is 0 Å². The number of benzene rings is 2. The third-order valence-corrected chi connectivity index (χ3v) is 6.88. The van der Waals surface area contributed by atoms with E-state index in [2.05, 4.69) is 5.32 Å². The number of carbonyl (C=O) groups is 2. The second-order valence-corrected chi connectivity index (χ2v) is 10.3. The Hall–Kier alpha value is -2.85. The normalized spacial score (nSPS) is 12.1. The van der Waals surface area contributed by atoms with Gasteiger partial charge in [-0.05, 0) is 44.5 Å². The average molecular weight is 528 g/mol. The summed E-state index contributed by atoms with van der Waals surface area (Å²) in [5.41, 5.74) is 0.618. The average Bonchev–Trinajstić information content (AvgIpc) is 2.80. The largest absolute Gasteiger partial charge is 0.495 e. The van der Waals surface area contributed by atoms with E-state index in [9.17, 15) is 22.4 Å². The van der Waals surface area contributed by atoms with Crippen LogP contribution >= 0.6 is 11.6 Å². The maximum atomic E-state index is 14.3. The lowest BCUT2D eigenvalue weighted by molar-refractivity contribution is -0.140. The molecule has 0 aliphatic carbocycles. The molecule has 0 fully saturated rings. The van der Waals surface area contributed by atoms with E-state index in [4.69, 9.17) is 16.3 Å². The molecule has 0 heterocycles. The van der Waals surface area contributed by atoms with Gasteiger partial charge in [-0.1, -0.05) is 29.8 Å². The van der Waals surface area contributed by atoms with Crippen LogP contribution in [0.4, 0.5) is 10.1 Å². The summed E-state index contributed by atoms with van der Waals surface area (Å²) >= 11 is 6.15. The van der Waals surface area contributed by atoms with Crippen LogP contribution < -0.4 is 14.4 Å². The zero-order valence-electron chi connectivity index (χ0n) is 20.3. The first kappa shape index (κ1) is 28.4. The first-order valence-electron chi connectivity index (χ1n) is 11.1. The molecule has 2 rings (SSSR count). The number of anilines is 1. The van der Waals surface area contributed by atoms with Gasteiger partial charge in [0.25, 0.3) is 0 Å². The third kappa shape index (κ3) is 7.83. The summed E-state index contributed by atoms with van der Waals surface area (Å²) in [5, 5.41) is 2.93. The molecule has 0 saturated heterocycles. The summed E-state index contributed by atoms with van der Waals surface area (Å²) in [6, 6.07) is 9.81. The highest BCUT2D eigenvalue weighted by molar-refractivity contribution is 7.92. The van der Waals surface area contributed by atoms with Crippen LogP contribution in [0.1, 0.15) is 32.3 Å². The summed E-state index contributed by atoms with van der Waals surface area (Å²) in [4.78, 5) is 26.9.